The Kier molecular flexibility index (Phi) is 10.2. The van der Waals surface area contributed by atoms with E-state index in [1.165, 1.54) is 11.3 Å². The molecule has 240 valence electrons. The second-order valence-corrected chi connectivity index (χ2v) is 13.5. The lowest BCUT2D eigenvalue weighted by Crippen LogP contribution is -2.41. The van der Waals surface area contributed by atoms with Gasteiger partial charge in [-0.05, 0) is 89.4 Å². The zero-order chi connectivity index (χ0) is 32.1. The summed E-state index contributed by atoms with van der Waals surface area (Å²) in [6, 6.07) is 4.10. The minimum atomic E-state index is -0.606. The van der Waals surface area contributed by atoms with Gasteiger partial charge in [0.15, 0.2) is 0 Å². The maximum Gasteiger partial charge on any atom is 0.228 e. The van der Waals surface area contributed by atoms with Crippen LogP contribution in [0.2, 0.25) is 0 Å². The van der Waals surface area contributed by atoms with E-state index in [4.69, 9.17) is 26.7 Å². The number of aliphatic imine (C=N–C) groups is 1. The van der Waals surface area contributed by atoms with E-state index in [9.17, 15) is 10.1 Å². The Hall–Kier alpha value is -3.79. The molecular formula is C33H44N8O3S. The van der Waals surface area contributed by atoms with Gasteiger partial charge in [-0.3, -0.25) is 9.79 Å². The number of hydrogen-bond donors (Lipinski definition) is 4. The molecule has 5 rings (SSSR count). The lowest BCUT2D eigenvalue weighted by molar-refractivity contribution is 0.0135. The molecule has 11 nitrogen and oxygen atoms in total. The van der Waals surface area contributed by atoms with E-state index in [1.807, 2.05) is 14.0 Å². The number of nitrogens with zero attached hydrogens (tertiary/aromatic N) is 4. The predicted molar refractivity (Wildman–Crippen MR) is 177 cm³/mol. The Labute approximate surface area is 269 Å². The van der Waals surface area contributed by atoms with Gasteiger partial charge in [-0.15, -0.1) is 11.3 Å². The summed E-state index contributed by atoms with van der Waals surface area (Å²) in [4.78, 5) is 29.0. The first-order valence-corrected chi connectivity index (χ1v) is 16.6. The van der Waals surface area contributed by atoms with E-state index in [1.54, 1.807) is 18.4 Å². The Bertz CT molecular complexity index is 1550. The van der Waals surface area contributed by atoms with E-state index in [0.717, 1.165) is 61.9 Å². The summed E-state index contributed by atoms with van der Waals surface area (Å²) in [6.07, 6.45) is 9.65. The van der Waals surface area contributed by atoms with E-state index in [2.05, 4.69) is 33.3 Å². The largest absolute Gasteiger partial charge is 0.474 e. The SMILES string of the molecule is CNCCC[C@H](C)[C@H](C)Oc1cc(C(N)=CC=NC2COC2)nc(C(=O)C2=C(N)[C@@]3(CCC2)CCCc2sc(N)c(C#N)c23)n1. The minimum Gasteiger partial charge on any atom is -0.474 e. The molecule has 12 heteroatoms. The van der Waals surface area contributed by atoms with Crippen LogP contribution in [0.1, 0.15) is 91.1 Å². The second-order valence-electron chi connectivity index (χ2n) is 12.3. The van der Waals surface area contributed by atoms with Crippen molar-refractivity contribution in [1.29, 1.82) is 5.26 Å². The number of carbonyl (C=O) groups excluding carboxylic acids is 1. The monoisotopic (exact) mass is 632 g/mol. The maximum absolute atomic E-state index is 14.3. The predicted octanol–water partition coefficient (Wildman–Crippen LogP) is 4.02. The molecule has 3 aliphatic rings. The Morgan fingerprint density at radius 2 is 2.04 bits per heavy atom. The zero-order valence-corrected chi connectivity index (χ0v) is 27.2. The molecule has 1 saturated heterocycles. The number of carbonyl (C=O) groups is 1. The third-order valence-electron chi connectivity index (χ3n) is 9.32. The first-order valence-electron chi connectivity index (χ1n) is 15.8. The van der Waals surface area contributed by atoms with Gasteiger partial charge >= 0.3 is 0 Å². The number of Topliss-reactive ketones (excluding diaryl/α,β-unsaturated/α-hetero) is 1. The van der Waals surface area contributed by atoms with Gasteiger partial charge < -0.3 is 32.0 Å². The number of nitrogens with two attached hydrogens (primary N) is 3. The average Bonchev–Trinajstić information content (AvgIpc) is 3.35. The molecule has 0 saturated carbocycles. The van der Waals surface area contributed by atoms with Gasteiger partial charge in [0.1, 0.15) is 17.2 Å². The molecule has 3 atom stereocenters. The molecular weight excluding hydrogens is 588 g/mol. The van der Waals surface area contributed by atoms with Gasteiger partial charge in [0.2, 0.25) is 17.5 Å². The highest BCUT2D eigenvalue weighted by Gasteiger charge is 2.46. The van der Waals surface area contributed by atoms with Gasteiger partial charge in [0.05, 0.1) is 36.2 Å². The molecule has 1 fully saturated rings. The first kappa shape index (κ1) is 32.6. The number of aromatic nitrogens is 2. The molecule has 7 N–H and O–H groups in total. The number of anilines is 1. The van der Waals surface area contributed by atoms with E-state index < -0.39 is 5.41 Å². The van der Waals surface area contributed by atoms with Crippen LogP contribution in [0.5, 0.6) is 5.88 Å². The van der Waals surface area contributed by atoms with Crippen molar-refractivity contribution < 1.29 is 14.3 Å². The number of nitrogen functional groups attached to an aromatic ring is 1. The molecule has 0 bridgehead atoms. The van der Waals surface area contributed by atoms with Crippen molar-refractivity contribution in [1.82, 2.24) is 15.3 Å². The van der Waals surface area contributed by atoms with Crippen molar-refractivity contribution in [2.45, 2.75) is 82.8 Å². The molecule has 2 aliphatic carbocycles. The summed E-state index contributed by atoms with van der Waals surface area (Å²) in [5, 5.41) is 13.7. The normalized spacial score (nSPS) is 21.8. The van der Waals surface area contributed by atoms with Crippen LogP contribution < -0.4 is 27.3 Å². The maximum atomic E-state index is 14.3. The molecule has 3 heterocycles. The van der Waals surface area contributed by atoms with Gasteiger partial charge in [-0.25, -0.2) is 4.98 Å². The van der Waals surface area contributed by atoms with Crippen molar-refractivity contribution in [3.63, 3.8) is 0 Å². The van der Waals surface area contributed by atoms with Crippen LogP contribution >= 0.6 is 11.3 Å². The Morgan fingerprint density at radius 3 is 2.73 bits per heavy atom. The van der Waals surface area contributed by atoms with Crippen LogP contribution in [0.3, 0.4) is 0 Å². The smallest absolute Gasteiger partial charge is 0.228 e. The molecule has 2 aromatic heterocycles. The van der Waals surface area contributed by atoms with Crippen LogP contribution in [-0.4, -0.2) is 60.9 Å². The number of nitriles is 1. The van der Waals surface area contributed by atoms with Crippen LogP contribution in [0, 0.1) is 17.2 Å². The highest BCUT2D eigenvalue weighted by Crippen LogP contribution is 2.53. The summed E-state index contributed by atoms with van der Waals surface area (Å²) >= 11 is 1.46. The number of thiophene rings is 1. The number of hydrogen-bond acceptors (Lipinski definition) is 12. The van der Waals surface area contributed by atoms with Crippen molar-refractivity contribution in [2.75, 3.05) is 32.5 Å². The molecule has 0 unspecified atom stereocenters. The molecule has 0 aromatic carbocycles. The fourth-order valence-corrected chi connectivity index (χ4v) is 7.66. The quantitative estimate of drug-likeness (QED) is 0.151. The molecule has 0 radical (unpaired) electrons. The summed E-state index contributed by atoms with van der Waals surface area (Å²) in [7, 11) is 1.94. The lowest BCUT2D eigenvalue weighted by Gasteiger charge is -2.42. The van der Waals surface area contributed by atoms with E-state index in [-0.39, 0.29) is 35.6 Å². The fourth-order valence-electron chi connectivity index (χ4n) is 6.50. The van der Waals surface area contributed by atoms with Gasteiger partial charge in [-0.2, -0.15) is 10.2 Å². The highest BCUT2D eigenvalue weighted by molar-refractivity contribution is 7.16. The second kappa shape index (κ2) is 14.1. The van der Waals surface area contributed by atoms with Crippen LogP contribution in [-0.2, 0) is 16.6 Å². The van der Waals surface area contributed by atoms with E-state index in [0.29, 0.717) is 52.9 Å². The average molecular weight is 633 g/mol. The number of rotatable bonds is 12. The summed E-state index contributed by atoms with van der Waals surface area (Å²) < 4.78 is 11.5. The Balaban J connectivity index is 1.51. The number of ketones is 1. The first-order chi connectivity index (χ1) is 21.7. The molecule has 45 heavy (non-hydrogen) atoms. The zero-order valence-electron chi connectivity index (χ0n) is 26.4. The number of nitrogens with one attached hydrogen (secondary N) is 1. The van der Waals surface area contributed by atoms with Crippen LogP contribution in [0.25, 0.3) is 5.70 Å². The number of aryl methyl sites for hydroxylation is 1. The molecule has 0 amide bonds. The third-order valence-corrected chi connectivity index (χ3v) is 10.4. The molecule has 1 spiro atoms. The van der Waals surface area contributed by atoms with Crippen molar-refractivity contribution in [3.05, 3.63) is 50.9 Å². The fraction of sp³-hybridized carbons (Fsp3) is 0.545. The van der Waals surface area contributed by atoms with Crippen LogP contribution in [0.4, 0.5) is 5.00 Å². The molecule has 2 aromatic rings. The summed E-state index contributed by atoms with van der Waals surface area (Å²) in [5.41, 5.74) is 22.2. The van der Waals surface area contributed by atoms with E-state index >= 15 is 0 Å². The van der Waals surface area contributed by atoms with Crippen molar-refractivity contribution in [2.24, 2.45) is 22.4 Å². The molecule has 1 aliphatic heterocycles. The summed E-state index contributed by atoms with van der Waals surface area (Å²) in [6.45, 7) is 6.25. The standard InChI is InChI=1S/C33H44N8O3S/c1-19(7-6-13-38-3)20(2)44-27-15-25(24(35)10-14-39-21-17-43-18-21)40-32(41-27)29(42)22-8-4-11-33(30(22)36)12-5-9-26-28(33)23(16-34)31(37)45-26/h10,14-15,19-21,38H,4-9,11-13,17-18,35-37H2,1-3H3/t19-,20-,33-/m0/s1. The minimum absolute atomic E-state index is 0.0189. The summed E-state index contributed by atoms with van der Waals surface area (Å²) in [5.74, 6) is 0.161. The van der Waals surface area contributed by atoms with Gasteiger partial charge in [0, 0.05) is 33.8 Å². The number of allylic oxidation sites excluding steroid dienone is 3. The highest BCUT2D eigenvalue weighted by atomic mass is 32.1. The van der Waals surface area contributed by atoms with Gasteiger partial charge in [0.25, 0.3) is 0 Å². The van der Waals surface area contributed by atoms with Gasteiger partial charge in [-0.1, -0.05) is 6.92 Å². The topological polar surface area (TPSA) is 188 Å². The number of fused-ring (bicyclic) bond motifs is 2. The van der Waals surface area contributed by atoms with Crippen molar-refractivity contribution >= 4 is 34.0 Å². The third kappa shape index (κ3) is 6.76. The van der Waals surface area contributed by atoms with Crippen LogP contribution in [0.15, 0.2) is 28.4 Å². The lowest BCUT2D eigenvalue weighted by atomic mass is 9.62. The Morgan fingerprint density at radius 1 is 1.29 bits per heavy atom. The number of ether oxygens (including phenoxy) is 2. The van der Waals surface area contributed by atoms with Crippen molar-refractivity contribution in [3.8, 4) is 11.9 Å².